The summed E-state index contributed by atoms with van der Waals surface area (Å²) in [5.41, 5.74) is 0. The third kappa shape index (κ3) is 1.48. The van der Waals surface area contributed by atoms with E-state index in [1.54, 1.807) is 0 Å². The minimum atomic E-state index is 0. The van der Waals surface area contributed by atoms with Crippen LogP contribution in [0.25, 0.3) is 0 Å². The van der Waals surface area contributed by atoms with Crippen molar-refractivity contribution in [3.63, 3.8) is 0 Å². The summed E-state index contributed by atoms with van der Waals surface area (Å²) in [4.78, 5) is 5.25. The number of fused-ring (bicyclic) bond motifs is 1. The summed E-state index contributed by atoms with van der Waals surface area (Å²) in [7, 11) is 0. The Hall–Kier alpha value is 0.880. The minimum absolute atomic E-state index is 0. The molecule has 2 fully saturated rings. The molecule has 2 saturated heterocycles. The van der Waals surface area contributed by atoms with Gasteiger partial charge < -0.3 is 5.32 Å². The Morgan fingerprint density at radius 3 is 3.22 bits per heavy atom. The Labute approximate surface area is 77.0 Å². The molecule has 0 amide bonds. The summed E-state index contributed by atoms with van der Waals surface area (Å²) < 4.78 is 0. The van der Waals surface area contributed by atoms with Crippen LogP contribution >= 0.6 is 0 Å². The molecule has 0 aromatic carbocycles. The van der Waals surface area contributed by atoms with Gasteiger partial charge in [-0.2, -0.15) is 5.06 Å². The molecule has 2 rings (SSSR count). The standard InChI is InChI=1S/C5H10N2O.Na.H/c1-2-8-7-4-6-3-5(1)7;;/h5-6H,1-4H2;;. The van der Waals surface area contributed by atoms with Gasteiger partial charge in [0.05, 0.1) is 19.3 Å². The van der Waals surface area contributed by atoms with Gasteiger partial charge >= 0.3 is 29.6 Å². The van der Waals surface area contributed by atoms with Crippen molar-refractivity contribution in [2.45, 2.75) is 12.5 Å². The molecule has 1 unspecified atom stereocenters. The quantitative estimate of drug-likeness (QED) is 0.430. The number of hydrogen-bond acceptors (Lipinski definition) is 3. The van der Waals surface area contributed by atoms with E-state index in [1.807, 2.05) is 5.06 Å². The van der Waals surface area contributed by atoms with Crippen molar-refractivity contribution in [2.75, 3.05) is 19.8 Å². The predicted molar refractivity (Wildman–Crippen MR) is 36.2 cm³/mol. The van der Waals surface area contributed by atoms with Crippen LogP contribution in [0, 0.1) is 0 Å². The Morgan fingerprint density at radius 2 is 2.44 bits per heavy atom. The summed E-state index contributed by atoms with van der Waals surface area (Å²) in [6.45, 7) is 2.96. The average Bonchev–Trinajstić information content (AvgIpc) is 2.15. The van der Waals surface area contributed by atoms with Crippen molar-refractivity contribution in [3.05, 3.63) is 0 Å². The molecule has 1 atom stereocenters. The van der Waals surface area contributed by atoms with Crippen molar-refractivity contribution < 1.29 is 4.84 Å². The molecule has 0 aromatic rings. The number of hydroxylamine groups is 2. The maximum absolute atomic E-state index is 5.25. The van der Waals surface area contributed by atoms with E-state index in [4.69, 9.17) is 4.84 Å². The van der Waals surface area contributed by atoms with Crippen LogP contribution in [0.15, 0.2) is 0 Å². The van der Waals surface area contributed by atoms with Gasteiger partial charge in [-0.15, -0.1) is 0 Å². The zero-order chi connectivity index (χ0) is 5.40. The molecule has 0 saturated carbocycles. The zero-order valence-electron chi connectivity index (χ0n) is 4.76. The Balaban J connectivity index is 0.000000405. The number of hydrogen-bond donors (Lipinski definition) is 1. The first-order chi connectivity index (χ1) is 3.97. The molecule has 2 aliphatic heterocycles. The van der Waals surface area contributed by atoms with Crippen LogP contribution in [0.1, 0.15) is 6.42 Å². The molecule has 48 valence electrons. The normalized spacial score (nSPS) is 34.0. The average molecular weight is 138 g/mol. The monoisotopic (exact) mass is 138 g/mol. The van der Waals surface area contributed by atoms with Crippen LogP contribution in [0.2, 0.25) is 0 Å². The summed E-state index contributed by atoms with van der Waals surface area (Å²) in [5.74, 6) is 0. The van der Waals surface area contributed by atoms with Gasteiger partial charge in [-0.1, -0.05) is 0 Å². The van der Waals surface area contributed by atoms with E-state index < -0.39 is 0 Å². The van der Waals surface area contributed by atoms with Crippen molar-refractivity contribution >= 4 is 29.6 Å². The molecule has 9 heavy (non-hydrogen) atoms. The fraction of sp³-hybridized carbons (Fsp3) is 1.00. The van der Waals surface area contributed by atoms with Gasteiger partial charge in [0.15, 0.2) is 0 Å². The fourth-order valence-electron chi connectivity index (χ4n) is 1.28. The van der Waals surface area contributed by atoms with Gasteiger partial charge in [-0.05, 0) is 6.42 Å². The van der Waals surface area contributed by atoms with Gasteiger partial charge in [0.25, 0.3) is 0 Å². The molecule has 0 aromatic heterocycles. The third-order valence-electron chi connectivity index (χ3n) is 1.76. The van der Waals surface area contributed by atoms with Gasteiger partial charge in [-0.25, -0.2) is 0 Å². The van der Waals surface area contributed by atoms with Crippen LogP contribution in [0.3, 0.4) is 0 Å². The third-order valence-corrected chi connectivity index (χ3v) is 1.76. The summed E-state index contributed by atoms with van der Waals surface area (Å²) in [6.07, 6.45) is 1.20. The SMILES string of the molecule is C1CC2CNCN2O1.[NaH]. The Bertz CT molecular complexity index is 81.0. The second kappa shape index (κ2) is 3.32. The summed E-state index contributed by atoms with van der Waals surface area (Å²) in [6, 6.07) is 0.676. The van der Waals surface area contributed by atoms with Crippen LogP contribution in [0.5, 0.6) is 0 Å². The summed E-state index contributed by atoms with van der Waals surface area (Å²) >= 11 is 0. The Kier molecular flexibility index (Phi) is 2.95. The maximum atomic E-state index is 5.25. The molecule has 0 bridgehead atoms. The first-order valence-corrected chi connectivity index (χ1v) is 3.07. The first-order valence-electron chi connectivity index (χ1n) is 3.07. The summed E-state index contributed by atoms with van der Waals surface area (Å²) in [5, 5.41) is 5.25. The van der Waals surface area contributed by atoms with Gasteiger partial charge in [0.1, 0.15) is 0 Å². The molecule has 2 heterocycles. The molecule has 0 spiro atoms. The van der Waals surface area contributed by atoms with Crippen LogP contribution < -0.4 is 5.32 Å². The van der Waals surface area contributed by atoms with E-state index in [0.29, 0.717) is 6.04 Å². The molecule has 4 heteroatoms. The van der Waals surface area contributed by atoms with Crippen LogP contribution in [0.4, 0.5) is 0 Å². The topological polar surface area (TPSA) is 24.5 Å². The molecule has 1 N–H and O–H groups in total. The number of nitrogens with zero attached hydrogens (tertiary/aromatic N) is 1. The van der Waals surface area contributed by atoms with Gasteiger partial charge in [0, 0.05) is 6.54 Å². The fourth-order valence-corrected chi connectivity index (χ4v) is 1.28. The zero-order valence-corrected chi connectivity index (χ0v) is 4.76. The molecule has 3 nitrogen and oxygen atoms in total. The predicted octanol–water partition coefficient (Wildman–Crippen LogP) is -1.10. The van der Waals surface area contributed by atoms with E-state index in [-0.39, 0.29) is 29.6 Å². The van der Waals surface area contributed by atoms with E-state index >= 15 is 0 Å². The van der Waals surface area contributed by atoms with Crippen molar-refractivity contribution in [1.29, 1.82) is 0 Å². The van der Waals surface area contributed by atoms with E-state index in [9.17, 15) is 0 Å². The molecule has 0 aliphatic carbocycles. The second-order valence-electron chi connectivity index (χ2n) is 2.31. The molecule has 0 radical (unpaired) electrons. The number of nitrogens with one attached hydrogen (secondary N) is 1. The molecular weight excluding hydrogens is 127 g/mol. The molecular formula is C5H11N2NaO. The van der Waals surface area contributed by atoms with Crippen molar-refractivity contribution in [1.82, 2.24) is 10.4 Å². The van der Waals surface area contributed by atoms with Gasteiger partial charge in [0.2, 0.25) is 0 Å². The van der Waals surface area contributed by atoms with Crippen LogP contribution in [-0.2, 0) is 4.84 Å². The Morgan fingerprint density at radius 1 is 1.56 bits per heavy atom. The number of rotatable bonds is 0. The second-order valence-corrected chi connectivity index (χ2v) is 2.31. The van der Waals surface area contributed by atoms with E-state index in [2.05, 4.69) is 5.32 Å². The van der Waals surface area contributed by atoms with E-state index in [0.717, 1.165) is 19.8 Å². The van der Waals surface area contributed by atoms with Crippen LogP contribution in [-0.4, -0.2) is 60.5 Å². The van der Waals surface area contributed by atoms with Crippen molar-refractivity contribution in [2.24, 2.45) is 0 Å². The van der Waals surface area contributed by atoms with Crippen molar-refractivity contribution in [3.8, 4) is 0 Å². The van der Waals surface area contributed by atoms with Gasteiger partial charge in [-0.3, -0.25) is 4.84 Å². The first kappa shape index (κ1) is 7.98. The van der Waals surface area contributed by atoms with E-state index in [1.165, 1.54) is 6.42 Å². The molecule has 2 aliphatic rings.